The summed E-state index contributed by atoms with van der Waals surface area (Å²) in [4.78, 5) is 26.9. The molecule has 1 amide bonds. The van der Waals surface area contributed by atoms with E-state index in [0.29, 0.717) is 21.8 Å². The summed E-state index contributed by atoms with van der Waals surface area (Å²) in [6.45, 7) is -21.0. The molecule has 0 aliphatic carbocycles. The van der Waals surface area contributed by atoms with Gasteiger partial charge in [-0.05, 0) is 130 Å². The molecule has 0 atom stereocenters. The third-order valence-corrected chi connectivity index (χ3v) is 8.13. The number of hydrogen-bond donors (Lipinski definition) is 4. The zero-order valence-electron chi connectivity index (χ0n) is 58.4. The van der Waals surface area contributed by atoms with E-state index in [4.69, 9.17) is 55.2 Å². The molecule has 440 valence electrons. The van der Waals surface area contributed by atoms with E-state index in [2.05, 4.69) is 65.6 Å². The first-order chi connectivity index (χ1) is 42.8. The van der Waals surface area contributed by atoms with E-state index >= 15 is 0 Å². The number of nitrogens with one attached hydrogen (secondary N) is 1. The molecular formula is C43H47Cl3F15I2N9O6. The zero-order chi connectivity index (χ0) is 77.1. The van der Waals surface area contributed by atoms with Gasteiger partial charge >= 0.3 is 37.0 Å². The van der Waals surface area contributed by atoms with Gasteiger partial charge in [-0.1, -0.05) is 11.6 Å². The van der Waals surface area contributed by atoms with Crippen LogP contribution in [-0.4, -0.2) is 62.9 Å². The van der Waals surface area contributed by atoms with Crippen LogP contribution in [0.4, 0.5) is 87.7 Å². The molecule has 0 aromatic carbocycles. The van der Waals surface area contributed by atoms with Crippen molar-refractivity contribution in [3.63, 3.8) is 0 Å². The summed E-state index contributed by atoms with van der Waals surface area (Å²) >= 11 is 8.65. The van der Waals surface area contributed by atoms with Crippen LogP contribution in [0.15, 0.2) is 60.7 Å². The molecule has 78 heavy (non-hydrogen) atoms. The number of alkyl halides is 15. The number of rotatable bonds is 9. The van der Waals surface area contributed by atoms with Crippen molar-refractivity contribution in [2.24, 2.45) is 0 Å². The quantitative estimate of drug-likeness (QED) is 0.0612. The van der Waals surface area contributed by atoms with Crippen LogP contribution in [-0.2, 0) is 35.6 Å². The molecule has 5 aromatic heterocycles. The Morgan fingerprint density at radius 1 is 0.526 bits per heavy atom. The molecule has 0 spiro atoms. The molecule has 0 radical (unpaired) electrons. The first-order valence-electron chi connectivity index (χ1n) is 28.6. The molecule has 0 unspecified atom stereocenters. The highest BCUT2D eigenvalue weighted by Gasteiger charge is 2.37. The number of ether oxygens (including phenoxy) is 5. The van der Waals surface area contributed by atoms with Gasteiger partial charge in [0.05, 0.1) is 42.9 Å². The van der Waals surface area contributed by atoms with Crippen molar-refractivity contribution >= 4 is 102 Å². The number of hydrogen-bond acceptors (Lipinski definition) is 14. The molecule has 5 aromatic rings. The Morgan fingerprint density at radius 2 is 0.821 bits per heavy atom. The SMILES string of the molecule is ClCl.FC(F)(F)c1cc(I)cc(Cl)n1.N.[2H]C([2H])([2H])C([2H])([2H])Oc1cc(I)cc(C(F)(F)F)n1.[2H]C([2H])([2H])C([2H])([2H])Oc1cc(N)cc(C(F)(F)F)n1.[2H]C([2H])([2H])C([2H])([2H])Oc1cc(N)cc(C(F)(F)F)n1.[2H]C([2H])([2H])C([2H])([2H])Oc1cc(NC(=O)OC(C)(C)C)cc(C(F)(F)F)n1. The van der Waals surface area contributed by atoms with Crippen LogP contribution in [0.1, 0.15) is 104 Å². The highest BCUT2D eigenvalue weighted by atomic mass is 127. The number of nitrogens with zero attached hydrogens (tertiary/aromatic N) is 5. The first kappa shape index (κ1) is 45.8. The smallest absolute Gasteiger partial charge is 0.433 e. The lowest BCUT2D eigenvalue weighted by Crippen LogP contribution is -2.27. The van der Waals surface area contributed by atoms with Gasteiger partial charge in [0.1, 0.15) is 22.1 Å². The Kier molecular flexibility index (Phi) is 19.7. The highest BCUT2D eigenvalue weighted by molar-refractivity contribution is 14.1. The van der Waals surface area contributed by atoms with Crippen molar-refractivity contribution in [3.8, 4) is 23.5 Å². The molecule has 0 bridgehead atoms. The van der Waals surface area contributed by atoms with Crippen LogP contribution in [0, 0.1) is 7.14 Å². The maximum atomic E-state index is 13.0. The summed E-state index contributed by atoms with van der Waals surface area (Å²) in [5.74, 6) is -3.41. The number of anilines is 3. The lowest BCUT2D eigenvalue weighted by molar-refractivity contribution is -0.142. The van der Waals surface area contributed by atoms with Gasteiger partial charge in [0.2, 0.25) is 23.5 Å². The van der Waals surface area contributed by atoms with Gasteiger partial charge in [0.25, 0.3) is 0 Å². The van der Waals surface area contributed by atoms with Gasteiger partial charge in [-0.2, -0.15) is 65.9 Å². The van der Waals surface area contributed by atoms with Crippen molar-refractivity contribution in [2.75, 3.05) is 43.0 Å². The largest absolute Gasteiger partial charge is 0.478 e. The van der Waals surface area contributed by atoms with Crippen LogP contribution in [0.25, 0.3) is 0 Å². The van der Waals surface area contributed by atoms with Crippen molar-refractivity contribution in [1.82, 2.24) is 31.1 Å². The van der Waals surface area contributed by atoms with E-state index in [-0.39, 0.29) is 26.2 Å². The number of amides is 1. The van der Waals surface area contributed by atoms with E-state index in [1.54, 1.807) is 66.0 Å². The number of carbonyl (C=O) groups excluding carboxylic acids is 1. The summed E-state index contributed by atoms with van der Waals surface area (Å²) in [6, 6.07) is 7.93. The Labute approximate surface area is 505 Å². The van der Waals surface area contributed by atoms with Crippen molar-refractivity contribution < 1.29 is 122 Å². The zero-order valence-corrected chi connectivity index (χ0v) is 45.0. The summed E-state index contributed by atoms with van der Waals surface area (Å²) in [7, 11) is 8.22. The predicted molar refractivity (Wildman–Crippen MR) is 277 cm³/mol. The van der Waals surface area contributed by atoms with Gasteiger partial charge < -0.3 is 41.3 Å². The van der Waals surface area contributed by atoms with Crippen LogP contribution in [0.3, 0.4) is 0 Å². The molecule has 0 aliphatic rings. The fraction of sp³-hybridized carbons (Fsp3) is 0.395. The molecule has 0 saturated heterocycles. The number of aromatic nitrogens is 5. The number of carbonyl (C=O) groups is 1. The van der Waals surface area contributed by atoms with Crippen LogP contribution >= 0.6 is 78.5 Å². The average Bonchev–Trinajstić information content (AvgIpc) is 0.820. The summed E-state index contributed by atoms with van der Waals surface area (Å²) in [6.07, 6.45) is -24.8. The Hall–Kier alpha value is -4.94. The number of nitrogens with two attached hydrogens (primary N) is 2. The molecule has 15 nitrogen and oxygen atoms in total. The summed E-state index contributed by atoms with van der Waals surface area (Å²) < 4.78 is 351. The van der Waals surface area contributed by atoms with Gasteiger partial charge in [0, 0.05) is 80.9 Å². The van der Waals surface area contributed by atoms with Crippen LogP contribution in [0.2, 0.25) is 5.15 Å². The van der Waals surface area contributed by atoms with E-state index in [0.717, 1.165) is 36.4 Å². The summed E-state index contributed by atoms with van der Waals surface area (Å²) in [5.41, 5.74) is 1.72. The highest BCUT2D eigenvalue weighted by Crippen LogP contribution is 2.35. The Balaban J connectivity index is 0. The molecule has 8 N–H and O–H groups in total. The first-order valence-corrected chi connectivity index (χ1v) is 22.3. The Morgan fingerprint density at radius 3 is 1.14 bits per heavy atom. The molecule has 0 saturated carbocycles. The number of halogens is 20. The third-order valence-electron chi connectivity index (χ3n) is 6.70. The van der Waals surface area contributed by atoms with Crippen molar-refractivity contribution in [1.29, 1.82) is 0 Å². The normalized spacial score (nSPS) is 16.4. The molecule has 5 heterocycles. The average molecular weight is 1450 g/mol. The van der Waals surface area contributed by atoms with Gasteiger partial charge in [0.15, 0.2) is 17.1 Å². The van der Waals surface area contributed by atoms with E-state index in [1.807, 2.05) is 5.32 Å². The van der Waals surface area contributed by atoms with Gasteiger partial charge in [-0.3, -0.25) is 5.32 Å². The number of pyridine rings is 5. The van der Waals surface area contributed by atoms with E-state index < -0.39 is 154 Å². The maximum Gasteiger partial charge on any atom is 0.433 e. The lowest BCUT2D eigenvalue weighted by atomic mass is 10.2. The second-order valence-corrected chi connectivity index (χ2v) is 16.6. The van der Waals surface area contributed by atoms with Crippen molar-refractivity contribution in [3.05, 3.63) is 101 Å². The van der Waals surface area contributed by atoms with E-state index in [1.165, 1.54) is 6.07 Å². The van der Waals surface area contributed by atoms with Crippen LogP contribution in [0.5, 0.6) is 23.5 Å². The maximum absolute atomic E-state index is 13.0. The van der Waals surface area contributed by atoms with Gasteiger partial charge in [-0.15, -0.1) is 0 Å². The van der Waals surface area contributed by atoms with Crippen molar-refractivity contribution in [2.45, 2.75) is 84.7 Å². The summed E-state index contributed by atoms with van der Waals surface area (Å²) in [5, 5.41) is 1.89. The minimum atomic E-state index is -4.95. The monoisotopic (exact) mass is 1450 g/mol. The molecule has 5 rings (SSSR count). The third kappa shape index (κ3) is 31.0. The van der Waals surface area contributed by atoms with E-state index in [9.17, 15) is 70.7 Å². The topological polar surface area (TPSA) is 227 Å². The molecule has 0 aliphatic heterocycles. The van der Waals surface area contributed by atoms with Crippen LogP contribution < -0.4 is 41.9 Å². The predicted octanol–water partition coefficient (Wildman–Crippen LogP) is 16.0. The standard InChI is InChI=1S/C13H17F3N2O3.C8H7F3INO.2C8H9F3N2O.C6H2ClF3IN.Cl2.H3N/c1-5-20-10-7-8(6-9(18-10)13(14,15)16)17-11(19)21-12(2,3)4;3*1-2-14-7-4-5(12)3-6(13-7)8(9,10)11;7-5-2-3(11)1-4(12-5)6(8,9)10;1-2;/h6-7H,5H2,1-4H3,(H,17,18,19);3-4H,2H2,1H3;2*3-4H,2H2,1H3,(H2,12,13);1-2H;;1H3/i1D3,5D2;3*1D3,2D2;;;. The number of nitrogen functional groups attached to an aromatic ring is 2. The second kappa shape index (κ2) is 33.6. The minimum absolute atomic E-state index is 0. The Bertz CT molecular complexity index is 3210. The second-order valence-electron chi connectivity index (χ2n) is 13.8. The van der Waals surface area contributed by atoms with Gasteiger partial charge in [-0.25, -0.2) is 29.7 Å². The molecule has 35 heteroatoms. The minimum Gasteiger partial charge on any atom is -0.478 e. The fourth-order valence-electron chi connectivity index (χ4n) is 4.13. The molecule has 0 fully saturated rings. The fourth-order valence-corrected chi connectivity index (χ4v) is 5.68. The lowest BCUT2D eigenvalue weighted by Gasteiger charge is -2.20. The molecular weight excluding hydrogens is 1380 g/mol.